The summed E-state index contributed by atoms with van der Waals surface area (Å²) in [6.07, 6.45) is 0.209. The molecule has 0 unspecified atom stereocenters. The molecule has 0 saturated heterocycles. The SMILES string of the molecule is CC(C)[C@H](NC(=O)CCc1n[nH]c(=O)[nH]c1=O)c1nc2ccccc2n1C. The Kier molecular flexibility index (Phi) is 5.20. The third-order valence-corrected chi connectivity index (χ3v) is 4.45. The molecule has 2 heterocycles. The molecule has 0 aliphatic rings. The second-order valence-electron chi connectivity index (χ2n) is 6.76. The molecule has 2 aromatic heterocycles. The van der Waals surface area contributed by atoms with Crippen LogP contribution < -0.4 is 16.6 Å². The van der Waals surface area contributed by atoms with E-state index in [1.807, 2.05) is 49.7 Å². The van der Waals surface area contributed by atoms with E-state index in [1.165, 1.54) is 0 Å². The first kappa shape index (κ1) is 18.6. The maximum absolute atomic E-state index is 12.4. The molecule has 0 bridgehead atoms. The zero-order valence-corrected chi connectivity index (χ0v) is 15.4. The Labute approximate surface area is 154 Å². The number of amides is 1. The lowest BCUT2D eigenvalue weighted by Gasteiger charge is -2.22. The number of carbonyl (C=O) groups excluding carboxylic acids is 1. The maximum atomic E-state index is 12.4. The Morgan fingerprint density at radius 3 is 2.67 bits per heavy atom. The van der Waals surface area contributed by atoms with Crippen LogP contribution >= 0.6 is 0 Å². The topological polar surface area (TPSA) is 126 Å². The Bertz CT molecular complexity index is 1080. The number of para-hydroxylation sites is 2. The molecule has 3 N–H and O–H groups in total. The minimum absolute atomic E-state index is 0.0787. The highest BCUT2D eigenvalue weighted by molar-refractivity contribution is 5.78. The predicted octanol–water partition coefficient (Wildman–Crippen LogP) is 0.791. The van der Waals surface area contributed by atoms with Crippen molar-refractivity contribution in [2.75, 3.05) is 0 Å². The number of H-pyrrole nitrogens is 2. The Hall–Kier alpha value is -3.23. The molecule has 1 aromatic carbocycles. The zero-order chi connectivity index (χ0) is 19.6. The van der Waals surface area contributed by atoms with E-state index in [4.69, 9.17) is 0 Å². The number of benzene rings is 1. The summed E-state index contributed by atoms with van der Waals surface area (Å²) in [6, 6.07) is 7.53. The number of nitrogens with zero attached hydrogens (tertiary/aromatic N) is 3. The molecular weight excluding hydrogens is 348 g/mol. The summed E-state index contributed by atoms with van der Waals surface area (Å²) in [4.78, 5) is 41.9. The molecule has 0 aliphatic carbocycles. The van der Waals surface area contributed by atoms with E-state index in [0.29, 0.717) is 0 Å². The fraction of sp³-hybridized carbons (Fsp3) is 0.389. The van der Waals surface area contributed by atoms with Gasteiger partial charge in [0.05, 0.1) is 17.1 Å². The second kappa shape index (κ2) is 7.56. The molecular formula is C18H22N6O3. The highest BCUT2D eigenvalue weighted by Crippen LogP contribution is 2.24. The minimum atomic E-state index is -0.671. The number of aromatic amines is 2. The standard InChI is InChI=1S/C18H22N6O3/c1-10(2)15(16-19-11-6-4-5-7-13(11)24(16)3)20-14(25)9-8-12-17(26)21-18(27)23-22-12/h4-7,10,15H,8-9H2,1-3H3,(H,20,25)(H2,21,23,26,27)/t15-/m0/s1. The summed E-state index contributed by atoms with van der Waals surface area (Å²) in [6.45, 7) is 4.02. The summed E-state index contributed by atoms with van der Waals surface area (Å²) in [7, 11) is 1.93. The van der Waals surface area contributed by atoms with E-state index >= 15 is 0 Å². The number of carbonyl (C=O) groups is 1. The van der Waals surface area contributed by atoms with Crippen molar-refractivity contribution < 1.29 is 4.79 Å². The van der Waals surface area contributed by atoms with Crippen molar-refractivity contribution in [1.29, 1.82) is 0 Å². The Morgan fingerprint density at radius 1 is 1.26 bits per heavy atom. The lowest BCUT2D eigenvalue weighted by Crippen LogP contribution is -2.34. The molecule has 3 aromatic rings. The van der Waals surface area contributed by atoms with Crippen molar-refractivity contribution in [3.05, 3.63) is 56.6 Å². The van der Waals surface area contributed by atoms with Crippen molar-refractivity contribution in [2.45, 2.75) is 32.7 Å². The van der Waals surface area contributed by atoms with Crippen LogP contribution in [-0.2, 0) is 18.3 Å². The van der Waals surface area contributed by atoms with Crippen molar-refractivity contribution in [3.63, 3.8) is 0 Å². The van der Waals surface area contributed by atoms with E-state index in [2.05, 4.69) is 25.5 Å². The smallest absolute Gasteiger partial charge is 0.342 e. The molecule has 142 valence electrons. The normalized spacial score (nSPS) is 12.4. The van der Waals surface area contributed by atoms with Crippen LogP contribution in [0.4, 0.5) is 0 Å². The van der Waals surface area contributed by atoms with Gasteiger partial charge in [0.25, 0.3) is 5.56 Å². The molecule has 0 aliphatic heterocycles. The van der Waals surface area contributed by atoms with E-state index in [9.17, 15) is 14.4 Å². The average Bonchev–Trinajstić information content (AvgIpc) is 2.95. The molecule has 9 nitrogen and oxygen atoms in total. The maximum Gasteiger partial charge on any atom is 0.342 e. The molecule has 0 spiro atoms. The van der Waals surface area contributed by atoms with Gasteiger partial charge in [0.15, 0.2) is 0 Å². The van der Waals surface area contributed by atoms with Gasteiger partial charge >= 0.3 is 5.69 Å². The van der Waals surface area contributed by atoms with Crippen molar-refractivity contribution in [1.82, 2.24) is 30.0 Å². The Morgan fingerprint density at radius 2 is 2.00 bits per heavy atom. The third-order valence-electron chi connectivity index (χ3n) is 4.45. The first-order valence-electron chi connectivity index (χ1n) is 8.75. The van der Waals surface area contributed by atoms with Gasteiger partial charge in [0.1, 0.15) is 11.5 Å². The number of hydrogen-bond donors (Lipinski definition) is 3. The first-order valence-corrected chi connectivity index (χ1v) is 8.75. The van der Waals surface area contributed by atoms with Gasteiger partial charge in [-0.15, -0.1) is 0 Å². The first-order chi connectivity index (χ1) is 12.9. The molecule has 3 rings (SSSR count). The van der Waals surface area contributed by atoms with Crippen LogP contribution in [0.5, 0.6) is 0 Å². The van der Waals surface area contributed by atoms with E-state index < -0.39 is 11.2 Å². The highest BCUT2D eigenvalue weighted by atomic mass is 16.2. The fourth-order valence-corrected chi connectivity index (χ4v) is 2.99. The molecule has 0 fully saturated rings. The number of aromatic nitrogens is 5. The van der Waals surface area contributed by atoms with Crippen molar-refractivity contribution in [3.8, 4) is 0 Å². The number of rotatable bonds is 6. The lowest BCUT2D eigenvalue weighted by atomic mass is 10.0. The summed E-state index contributed by atoms with van der Waals surface area (Å²) in [5.74, 6) is 0.687. The monoisotopic (exact) mass is 370 g/mol. The molecule has 9 heteroatoms. The molecule has 0 radical (unpaired) electrons. The van der Waals surface area contributed by atoms with Gasteiger partial charge in [-0.05, 0) is 18.1 Å². The summed E-state index contributed by atoms with van der Waals surface area (Å²) < 4.78 is 1.98. The lowest BCUT2D eigenvalue weighted by molar-refractivity contribution is -0.122. The Balaban J connectivity index is 1.75. The molecule has 1 atom stereocenters. The zero-order valence-electron chi connectivity index (χ0n) is 15.4. The van der Waals surface area contributed by atoms with Gasteiger partial charge in [-0.3, -0.25) is 14.6 Å². The summed E-state index contributed by atoms with van der Waals surface area (Å²) >= 11 is 0. The van der Waals surface area contributed by atoms with Gasteiger partial charge in [-0.2, -0.15) is 5.10 Å². The fourth-order valence-electron chi connectivity index (χ4n) is 2.99. The van der Waals surface area contributed by atoms with E-state index in [1.54, 1.807) is 0 Å². The van der Waals surface area contributed by atoms with Gasteiger partial charge < -0.3 is 9.88 Å². The number of aryl methyl sites for hydroxylation is 2. The highest BCUT2D eigenvalue weighted by Gasteiger charge is 2.24. The van der Waals surface area contributed by atoms with Crippen LogP contribution in [0.25, 0.3) is 11.0 Å². The molecule has 27 heavy (non-hydrogen) atoms. The average molecular weight is 370 g/mol. The minimum Gasteiger partial charge on any atom is -0.346 e. The summed E-state index contributed by atoms with van der Waals surface area (Å²) in [5.41, 5.74) is 0.737. The third kappa shape index (κ3) is 3.97. The van der Waals surface area contributed by atoms with Gasteiger partial charge in [-0.25, -0.2) is 14.9 Å². The largest absolute Gasteiger partial charge is 0.346 e. The van der Waals surface area contributed by atoms with Crippen LogP contribution in [-0.4, -0.2) is 30.6 Å². The van der Waals surface area contributed by atoms with E-state index in [-0.39, 0.29) is 36.4 Å². The number of hydrogen-bond acceptors (Lipinski definition) is 5. The van der Waals surface area contributed by atoms with Gasteiger partial charge in [0.2, 0.25) is 5.91 Å². The number of fused-ring (bicyclic) bond motifs is 1. The quantitative estimate of drug-likeness (QED) is 0.591. The van der Waals surface area contributed by atoms with Gasteiger partial charge in [-0.1, -0.05) is 26.0 Å². The second-order valence-corrected chi connectivity index (χ2v) is 6.76. The van der Waals surface area contributed by atoms with Crippen LogP contribution in [0.2, 0.25) is 0 Å². The number of imidazole rings is 1. The summed E-state index contributed by atoms with van der Waals surface area (Å²) in [5, 5.41) is 8.85. The van der Waals surface area contributed by atoms with E-state index in [0.717, 1.165) is 16.9 Å². The van der Waals surface area contributed by atoms with Crippen LogP contribution in [0.15, 0.2) is 33.9 Å². The molecule has 1 amide bonds. The van der Waals surface area contributed by atoms with Gasteiger partial charge in [0, 0.05) is 19.9 Å². The van der Waals surface area contributed by atoms with Crippen LogP contribution in [0, 0.1) is 5.92 Å². The predicted molar refractivity (Wildman–Crippen MR) is 100 cm³/mol. The van der Waals surface area contributed by atoms with Crippen LogP contribution in [0.3, 0.4) is 0 Å². The molecule has 0 saturated carbocycles. The number of nitrogens with one attached hydrogen (secondary N) is 3. The van der Waals surface area contributed by atoms with Crippen molar-refractivity contribution in [2.24, 2.45) is 13.0 Å². The van der Waals surface area contributed by atoms with Crippen molar-refractivity contribution >= 4 is 16.9 Å². The van der Waals surface area contributed by atoms with Crippen LogP contribution in [0.1, 0.15) is 37.8 Å².